The molecule has 2 saturated heterocycles. The Morgan fingerprint density at radius 3 is 2.88 bits per heavy atom. The number of aromatic nitrogens is 2. The number of halogens is 1. The number of likely N-dealkylation sites (tertiary alicyclic amines) is 1. The average molecular weight is 357 g/mol. The van der Waals surface area contributed by atoms with Gasteiger partial charge in [0.1, 0.15) is 6.10 Å². The van der Waals surface area contributed by atoms with Crippen molar-refractivity contribution in [3.8, 4) is 5.88 Å². The van der Waals surface area contributed by atoms with Crippen LogP contribution in [0, 0.1) is 12.7 Å². The summed E-state index contributed by atoms with van der Waals surface area (Å²) in [5.74, 6) is -0.352. The largest absolute Gasteiger partial charge is 0.470 e. The zero-order valence-electron chi connectivity index (χ0n) is 15.0. The minimum absolute atomic E-state index is 0.0705. The second kappa shape index (κ2) is 7.29. The quantitative estimate of drug-likeness (QED) is 0.841. The molecule has 5 nitrogen and oxygen atoms in total. The van der Waals surface area contributed by atoms with E-state index in [0.717, 1.165) is 50.3 Å². The lowest BCUT2D eigenvalue weighted by Gasteiger charge is -2.38. The molecular weight excluding hydrogens is 333 g/mol. The van der Waals surface area contributed by atoms with Gasteiger partial charge in [-0.15, -0.1) is 0 Å². The smallest absolute Gasteiger partial charge is 0.250 e. The van der Waals surface area contributed by atoms with Gasteiger partial charge in [-0.3, -0.25) is 9.88 Å². The number of pyridine rings is 2. The van der Waals surface area contributed by atoms with Crippen LogP contribution >= 0.6 is 0 Å². The Morgan fingerprint density at radius 1 is 1.27 bits per heavy atom. The van der Waals surface area contributed by atoms with Crippen molar-refractivity contribution in [1.82, 2.24) is 14.9 Å². The summed E-state index contributed by atoms with van der Waals surface area (Å²) in [5, 5.41) is 0. The van der Waals surface area contributed by atoms with Gasteiger partial charge in [-0.1, -0.05) is 6.07 Å². The Labute approximate surface area is 153 Å². The van der Waals surface area contributed by atoms with E-state index < -0.39 is 5.82 Å². The number of hydrogen-bond donors (Lipinski definition) is 0. The van der Waals surface area contributed by atoms with E-state index in [2.05, 4.69) is 27.0 Å². The van der Waals surface area contributed by atoms with Crippen molar-refractivity contribution in [3.63, 3.8) is 0 Å². The SMILES string of the molecule is Cc1cccc(CN2CCC3(CC2)C[C@@H](Oc2ncccc2F)CO3)n1. The molecule has 0 aliphatic carbocycles. The van der Waals surface area contributed by atoms with E-state index in [1.54, 1.807) is 12.3 Å². The molecular formula is C20H24FN3O2. The van der Waals surface area contributed by atoms with Gasteiger partial charge in [0.2, 0.25) is 0 Å². The van der Waals surface area contributed by atoms with E-state index in [1.165, 1.54) is 6.07 Å². The maximum atomic E-state index is 13.7. The predicted octanol–water partition coefficient (Wildman–Crippen LogP) is 3.13. The number of aryl methyl sites for hydroxylation is 1. The van der Waals surface area contributed by atoms with Crippen molar-refractivity contribution in [3.05, 3.63) is 53.7 Å². The molecule has 4 heterocycles. The second-order valence-electron chi connectivity index (χ2n) is 7.27. The molecule has 0 unspecified atom stereocenters. The topological polar surface area (TPSA) is 47.5 Å². The lowest BCUT2D eigenvalue weighted by Crippen LogP contribution is -2.44. The fourth-order valence-corrected chi connectivity index (χ4v) is 3.88. The summed E-state index contributed by atoms with van der Waals surface area (Å²) in [6.45, 7) is 5.33. The van der Waals surface area contributed by atoms with Gasteiger partial charge < -0.3 is 9.47 Å². The first-order valence-corrected chi connectivity index (χ1v) is 9.18. The van der Waals surface area contributed by atoms with Crippen LogP contribution in [0.4, 0.5) is 4.39 Å². The van der Waals surface area contributed by atoms with E-state index >= 15 is 0 Å². The fourth-order valence-electron chi connectivity index (χ4n) is 3.88. The minimum Gasteiger partial charge on any atom is -0.470 e. The number of piperidine rings is 1. The molecule has 2 aliphatic rings. The van der Waals surface area contributed by atoms with Crippen LogP contribution in [-0.2, 0) is 11.3 Å². The van der Waals surface area contributed by atoms with Crippen molar-refractivity contribution in [2.75, 3.05) is 19.7 Å². The fraction of sp³-hybridized carbons (Fsp3) is 0.500. The number of rotatable bonds is 4. The van der Waals surface area contributed by atoms with Crippen LogP contribution in [0.15, 0.2) is 36.5 Å². The van der Waals surface area contributed by atoms with Gasteiger partial charge >= 0.3 is 0 Å². The van der Waals surface area contributed by atoms with Crippen molar-refractivity contribution in [1.29, 1.82) is 0 Å². The van der Waals surface area contributed by atoms with Crippen molar-refractivity contribution in [2.24, 2.45) is 0 Å². The molecule has 2 fully saturated rings. The standard InChI is InChI=1S/C20H24FN3O2/c1-15-4-2-5-16(23-15)13-24-10-7-20(8-11-24)12-17(14-25-20)26-19-18(21)6-3-9-22-19/h2-6,9,17H,7-8,10-14H2,1H3/t17-/m1/s1. The van der Waals surface area contributed by atoms with E-state index in [1.807, 2.05) is 13.0 Å². The van der Waals surface area contributed by atoms with Gasteiger partial charge in [0.15, 0.2) is 5.82 Å². The Morgan fingerprint density at radius 2 is 2.12 bits per heavy atom. The van der Waals surface area contributed by atoms with E-state index in [9.17, 15) is 4.39 Å². The van der Waals surface area contributed by atoms with Crippen LogP contribution in [-0.4, -0.2) is 46.3 Å². The minimum atomic E-state index is -0.422. The summed E-state index contributed by atoms with van der Waals surface area (Å²) in [4.78, 5) is 11.0. The summed E-state index contributed by atoms with van der Waals surface area (Å²) in [5.41, 5.74) is 2.02. The zero-order valence-corrected chi connectivity index (χ0v) is 15.0. The molecule has 0 amide bonds. The van der Waals surface area contributed by atoms with Gasteiger partial charge in [0, 0.05) is 37.9 Å². The monoisotopic (exact) mass is 357 g/mol. The molecule has 0 saturated carbocycles. The normalized spacial score (nSPS) is 22.6. The van der Waals surface area contributed by atoms with Crippen LogP contribution in [0.5, 0.6) is 5.88 Å². The van der Waals surface area contributed by atoms with Crippen LogP contribution in [0.3, 0.4) is 0 Å². The summed E-state index contributed by atoms with van der Waals surface area (Å²) in [6.07, 6.45) is 4.12. The maximum Gasteiger partial charge on any atom is 0.250 e. The van der Waals surface area contributed by atoms with Crippen molar-refractivity contribution in [2.45, 2.75) is 44.4 Å². The Balaban J connectivity index is 1.31. The average Bonchev–Trinajstić information content (AvgIpc) is 3.02. The highest BCUT2D eigenvalue weighted by Gasteiger charge is 2.43. The first kappa shape index (κ1) is 17.4. The predicted molar refractivity (Wildman–Crippen MR) is 95.4 cm³/mol. The lowest BCUT2D eigenvalue weighted by atomic mass is 9.88. The third kappa shape index (κ3) is 3.86. The molecule has 6 heteroatoms. The summed E-state index contributed by atoms with van der Waals surface area (Å²) in [7, 11) is 0. The number of hydrogen-bond acceptors (Lipinski definition) is 5. The summed E-state index contributed by atoms with van der Waals surface area (Å²) in [6, 6.07) is 9.08. The molecule has 2 aromatic heterocycles. The first-order valence-electron chi connectivity index (χ1n) is 9.18. The molecule has 26 heavy (non-hydrogen) atoms. The molecule has 0 N–H and O–H groups in total. The molecule has 1 spiro atoms. The third-order valence-electron chi connectivity index (χ3n) is 5.28. The highest BCUT2D eigenvalue weighted by Crippen LogP contribution is 2.37. The first-order chi connectivity index (χ1) is 12.6. The Bertz CT molecular complexity index is 762. The lowest BCUT2D eigenvalue weighted by molar-refractivity contribution is -0.0456. The molecule has 0 radical (unpaired) electrons. The Hall–Kier alpha value is -2.05. The van der Waals surface area contributed by atoms with Crippen molar-refractivity contribution >= 4 is 0 Å². The molecule has 0 bridgehead atoms. The van der Waals surface area contributed by atoms with Crippen molar-refractivity contribution < 1.29 is 13.9 Å². The van der Waals surface area contributed by atoms with Gasteiger partial charge in [-0.05, 0) is 44.0 Å². The van der Waals surface area contributed by atoms with Crippen LogP contribution < -0.4 is 4.74 Å². The van der Waals surface area contributed by atoms with Crippen LogP contribution in [0.2, 0.25) is 0 Å². The molecule has 4 rings (SSSR count). The number of ether oxygens (including phenoxy) is 2. The molecule has 0 aromatic carbocycles. The van der Waals surface area contributed by atoms with E-state index in [-0.39, 0.29) is 17.6 Å². The molecule has 2 aliphatic heterocycles. The number of nitrogens with zero attached hydrogens (tertiary/aromatic N) is 3. The molecule has 1 atom stereocenters. The summed E-state index contributed by atoms with van der Waals surface area (Å²) >= 11 is 0. The maximum absolute atomic E-state index is 13.7. The van der Waals surface area contributed by atoms with Gasteiger partial charge in [0.05, 0.1) is 17.9 Å². The summed E-state index contributed by atoms with van der Waals surface area (Å²) < 4.78 is 25.6. The highest BCUT2D eigenvalue weighted by atomic mass is 19.1. The van der Waals surface area contributed by atoms with E-state index in [0.29, 0.717) is 6.61 Å². The van der Waals surface area contributed by atoms with Gasteiger partial charge in [0.25, 0.3) is 5.88 Å². The molecule has 138 valence electrons. The van der Waals surface area contributed by atoms with Crippen LogP contribution in [0.1, 0.15) is 30.7 Å². The Kier molecular flexibility index (Phi) is 4.87. The molecule has 2 aromatic rings. The van der Waals surface area contributed by atoms with E-state index in [4.69, 9.17) is 9.47 Å². The third-order valence-corrected chi connectivity index (χ3v) is 5.28. The van der Waals surface area contributed by atoms with Gasteiger partial charge in [-0.25, -0.2) is 9.37 Å². The van der Waals surface area contributed by atoms with Gasteiger partial charge in [-0.2, -0.15) is 0 Å². The zero-order chi connectivity index (χ0) is 18.0. The highest BCUT2D eigenvalue weighted by molar-refractivity contribution is 5.14. The second-order valence-corrected chi connectivity index (χ2v) is 7.27. The van der Waals surface area contributed by atoms with Crippen LogP contribution in [0.25, 0.3) is 0 Å².